The van der Waals surface area contributed by atoms with Crippen molar-refractivity contribution in [2.75, 3.05) is 13.3 Å². The van der Waals surface area contributed by atoms with E-state index in [9.17, 15) is 13.2 Å². The molecule has 0 saturated carbocycles. The first-order chi connectivity index (χ1) is 14.3. The number of aryl methyl sites for hydroxylation is 1. The van der Waals surface area contributed by atoms with Gasteiger partial charge in [0.05, 0.1) is 12.3 Å². The molecule has 1 amide bonds. The normalized spacial score (nSPS) is 13.6. The number of rotatable bonds is 7. The predicted molar refractivity (Wildman–Crippen MR) is 119 cm³/mol. The van der Waals surface area contributed by atoms with Gasteiger partial charge in [0.1, 0.15) is 6.04 Å². The van der Waals surface area contributed by atoms with Crippen molar-refractivity contribution in [3.05, 3.63) is 107 Å². The average molecular weight is 423 g/mol. The maximum atomic E-state index is 13.5. The van der Waals surface area contributed by atoms with Crippen LogP contribution in [-0.4, -0.2) is 31.9 Å². The van der Waals surface area contributed by atoms with Gasteiger partial charge in [-0.3, -0.25) is 4.79 Å². The summed E-state index contributed by atoms with van der Waals surface area (Å²) in [6.45, 7) is 2.00. The molecule has 0 heterocycles. The summed E-state index contributed by atoms with van der Waals surface area (Å²) >= 11 is 0. The lowest BCUT2D eigenvalue weighted by atomic mass is 9.96. The summed E-state index contributed by atoms with van der Waals surface area (Å²) in [4.78, 5) is 13.5. The highest BCUT2D eigenvalue weighted by atomic mass is 32.2. The van der Waals surface area contributed by atoms with Crippen LogP contribution in [0.15, 0.2) is 84.9 Å². The number of sulfonamides is 1. The number of carbonyl (C=O) groups is 1. The van der Waals surface area contributed by atoms with E-state index in [1.165, 1.54) is 7.05 Å². The molecule has 3 aromatic carbocycles. The SMILES string of the molecule is Cc1cccc([C@@H](NC(=O)[C@H](c2ccccc2)N(C)S(C)(=O)=O)c2ccccc2)c1. The Kier molecular flexibility index (Phi) is 6.70. The fraction of sp³-hybridized carbons (Fsp3) is 0.208. The quantitative estimate of drug-likeness (QED) is 0.629. The van der Waals surface area contributed by atoms with Gasteiger partial charge in [-0.2, -0.15) is 4.31 Å². The van der Waals surface area contributed by atoms with Crippen molar-refractivity contribution in [2.24, 2.45) is 0 Å². The van der Waals surface area contributed by atoms with Crippen molar-refractivity contribution in [2.45, 2.75) is 19.0 Å². The maximum Gasteiger partial charge on any atom is 0.243 e. The van der Waals surface area contributed by atoms with Crippen molar-refractivity contribution in [3.63, 3.8) is 0 Å². The third kappa shape index (κ3) is 5.14. The summed E-state index contributed by atoms with van der Waals surface area (Å²) in [6.07, 6.45) is 1.10. The van der Waals surface area contributed by atoms with E-state index in [4.69, 9.17) is 0 Å². The van der Waals surface area contributed by atoms with E-state index in [1.54, 1.807) is 24.3 Å². The number of likely N-dealkylation sites (N-methyl/N-ethyl adjacent to an activating group) is 1. The summed E-state index contributed by atoms with van der Waals surface area (Å²) in [7, 11) is -2.17. The molecular weight excluding hydrogens is 396 g/mol. The first-order valence-electron chi connectivity index (χ1n) is 9.67. The molecule has 2 atom stereocenters. The minimum atomic E-state index is -3.59. The molecule has 5 nitrogen and oxygen atoms in total. The minimum Gasteiger partial charge on any atom is -0.343 e. The monoisotopic (exact) mass is 422 g/mol. The molecule has 0 spiro atoms. The lowest BCUT2D eigenvalue weighted by molar-refractivity contribution is -0.125. The number of carbonyl (C=O) groups excluding carboxylic acids is 1. The molecule has 30 heavy (non-hydrogen) atoms. The molecular formula is C24H26N2O3S. The zero-order chi connectivity index (χ0) is 21.7. The molecule has 0 bridgehead atoms. The van der Waals surface area contributed by atoms with E-state index in [0.29, 0.717) is 5.56 Å². The second-order valence-electron chi connectivity index (χ2n) is 7.36. The molecule has 0 unspecified atom stereocenters. The van der Waals surface area contributed by atoms with Gasteiger partial charge in [0.2, 0.25) is 15.9 Å². The third-order valence-electron chi connectivity index (χ3n) is 5.05. The molecule has 0 aliphatic carbocycles. The second-order valence-corrected chi connectivity index (χ2v) is 9.40. The van der Waals surface area contributed by atoms with E-state index >= 15 is 0 Å². The molecule has 0 aliphatic heterocycles. The molecule has 0 radical (unpaired) electrons. The van der Waals surface area contributed by atoms with Gasteiger partial charge in [-0.05, 0) is 23.6 Å². The summed E-state index contributed by atoms with van der Waals surface area (Å²) < 4.78 is 25.6. The fourth-order valence-electron chi connectivity index (χ4n) is 3.43. The van der Waals surface area contributed by atoms with Crippen LogP contribution in [0.4, 0.5) is 0 Å². The van der Waals surface area contributed by atoms with E-state index in [0.717, 1.165) is 27.3 Å². The van der Waals surface area contributed by atoms with Gasteiger partial charge in [0.15, 0.2) is 0 Å². The van der Waals surface area contributed by atoms with Crippen LogP contribution in [0, 0.1) is 6.92 Å². The van der Waals surface area contributed by atoms with Crippen LogP contribution in [0.1, 0.15) is 34.3 Å². The van der Waals surface area contributed by atoms with Crippen molar-refractivity contribution >= 4 is 15.9 Å². The molecule has 0 aliphatic rings. The Morgan fingerprint density at radius 1 is 0.833 bits per heavy atom. The number of nitrogens with zero attached hydrogens (tertiary/aromatic N) is 1. The third-order valence-corrected chi connectivity index (χ3v) is 6.30. The Morgan fingerprint density at radius 3 is 1.90 bits per heavy atom. The number of amides is 1. The average Bonchev–Trinajstić information content (AvgIpc) is 2.73. The fourth-order valence-corrected chi connectivity index (χ4v) is 4.03. The van der Waals surface area contributed by atoms with E-state index in [1.807, 2.05) is 67.6 Å². The molecule has 6 heteroatoms. The number of hydrogen-bond donors (Lipinski definition) is 1. The highest BCUT2D eigenvalue weighted by Gasteiger charge is 2.32. The first kappa shape index (κ1) is 21.7. The van der Waals surface area contributed by atoms with Crippen LogP contribution >= 0.6 is 0 Å². The van der Waals surface area contributed by atoms with Crippen LogP contribution < -0.4 is 5.32 Å². The molecule has 0 aromatic heterocycles. The van der Waals surface area contributed by atoms with Crippen LogP contribution in [0.3, 0.4) is 0 Å². The van der Waals surface area contributed by atoms with Crippen molar-refractivity contribution < 1.29 is 13.2 Å². The lowest BCUT2D eigenvalue weighted by Gasteiger charge is -2.28. The van der Waals surface area contributed by atoms with E-state index in [2.05, 4.69) is 5.32 Å². The van der Waals surface area contributed by atoms with Gasteiger partial charge >= 0.3 is 0 Å². The maximum absolute atomic E-state index is 13.5. The topological polar surface area (TPSA) is 66.5 Å². The van der Waals surface area contributed by atoms with E-state index in [-0.39, 0.29) is 5.91 Å². The zero-order valence-electron chi connectivity index (χ0n) is 17.3. The number of hydrogen-bond acceptors (Lipinski definition) is 3. The van der Waals surface area contributed by atoms with Gasteiger partial charge in [-0.15, -0.1) is 0 Å². The Hall–Kier alpha value is -2.96. The second kappa shape index (κ2) is 9.24. The molecule has 3 rings (SSSR count). The van der Waals surface area contributed by atoms with Crippen molar-refractivity contribution in [1.29, 1.82) is 0 Å². The lowest BCUT2D eigenvalue weighted by Crippen LogP contribution is -2.42. The van der Waals surface area contributed by atoms with Crippen molar-refractivity contribution in [3.8, 4) is 0 Å². The van der Waals surface area contributed by atoms with Gasteiger partial charge in [0, 0.05) is 7.05 Å². The molecule has 0 fully saturated rings. The van der Waals surface area contributed by atoms with Gasteiger partial charge < -0.3 is 5.32 Å². The molecule has 156 valence electrons. The Balaban J connectivity index is 2.02. The molecule has 0 saturated heterocycles. The van der Waals surface area contributed by atoms with Gasteiger partial charge in [0.25, 0.3) is 0 Å². The number of benzene rings is 3. The Labute approximate surface area is 178 Å². The number of nitrogens with one attached hydrogen (secondary N) is 1. The minimum absolute atomic E-state index is 0.385. The van der Waals surface area contributed by atoms with Crippen LogP contribution in [0.5, 0.6) is 0 Å². The summed E-state index contributed by atoms with van der Waals surface area (Å²) in [5.41, 5.74) is 3.54. The first-order valence-corrected chi connectivity index (χ1v) is 11.5. The van der Waals surface area contributed by atoms with Crippen LogP contribution in [-0.2, 0) is 14.8 Å². The molecule has 3 aromatic rings. The van der Waals surface area contributed by atoms with Gasteiger partial charge in [-0.1, -0.05) is 90.5 Å². The summed E-state index contributed by atoms with van der Waals surface area (Å²) in [5.74, 6) is -0.385. The molecule has 1 N–H and O–H groups in total. The van der Waals surface area contributed by atoms with Crippen LogP contribution in [0.25, 0.3) is 0 Å². The largest absolute Gasteiger partial charge is 0.343 e. The Morgan fingerprint density at radius 2 is 1.37 bits per heavy atom. The standard InChI is InChI=1S/C24H26N2O3S/c1-18-11-10-16-21(17-18)22(19-12-6-4-7-13-19)25-24(27)23(26(2)30(3,28)29)20-14-8-5-9-15-20/h4-17,22-23H,1-3H3,(H,25,27)/t22-,23-/m0/s1. The summed E-state index contributed by atoms with van der Waals surface area (Å²) in [6, 6.07) is 25.1. The van der Waals surface area contributed by atoms with Crippen LogP contribution in [0.2, 0.25) is 0 Å². The highest BCUT2D eigenvalue weighted by Crippen LogP contribution is 2.27. The van der Waals surface area contributed by atoms with E-state index < -0.39 is 22.1 Å². The smallest absolute Gasteiger partial charge is 0.243 e. The zero-order valence-corrected chi connectivity index (χ0v) is 18.1. The highest BCUT2D eigenvalue weighted by molar-refractivity contribution is 7.88. The predicted octanol–water partition coefficient (Wildman–Crippen LogP) is 3.83. The van der Waals surface area contributed by atoms with Gasteiger partial charge in [-0.25, -0.2) is 8.42 Å². The summed E-state index contributed by atoms with van der Waals surface area (Å²) in [5, 5.41) is 3.08. The van der Waals surface area contributed by atoms with Crippen molar-refractivity contribution in [1.82, 2.24) is 9.62 Å². The Bertz CT molecular complexity index is 1100.